The van der Waals surface area contributed by atoms with E-state index in [1.165, 1.54) is 0 Å². The molecule has 0 aliphatic carbocycles. The van der Waals surface area contributed by atoms with Gasteiger partial charge in [-0.05, 0) is 64.4 Å². The number of amides is 1. The SMILES string of the molecule is CCOc1ccc(CC(=O)N/N=C/c2ccc(OC(C)C)cc2OC(C)C)cc1. The summed E-state index contributed by atoms with van der Waals surface area (Å²) in [7, 11) is 0. The Morgan fingerprint density at radius 2 is 1.66 bits per heavy atom. The molecule has 1 amide bonds. The Balaban J connectivity index is 1.99. The average Bonchev–Trinajstić information content (AvgIpc) is 2.64. The van der Waals surface area contributed by atoms with Gasteiger partial charge in [-0.3, -0.25) is 4.79 Å². The molecule has 0 heterocycles. The topological polar surface area (TPSA) is 69.2 Å². The van der Waals surface area contributed by atoms with Crippen LogP contribution in [-0.2, 0) is 11.2 Å². The molecule has 2 rings (SSSR count). The molecule has 0 saturated carbocycles. The van der Waals surface area contributed by atoms with Crippen LogP contribution in [-0.4, -0.2) is 30.9 Å². The third kappa shape index (κ3) is 7.86. The Bertz CT molecular complexity index is 814. The summed E-state index contributed by atoms with van der Waals surface area (Å²) in [6.45, 7) is 10.4. The van der Waals surface area contributed by atoms with E-state index >= 15 is 0 Å². The van der Waals surface area contributed by atoms with E-state index in [1.54, 1.807) is 6.21 Å². The third-order valence-electron chi connectivity index (χ3n) is 3.71. The van der Waals surface area contributed by atoms with Gasteiger partial charge in [0.25, 0.3) is 0 Å². The standard InChI is InChI=1S/C23H30N2O4/c1-6-27-20-10-7-18(8-11-20)13-23(26)25-24-15-19-9-12-21(28-16(2)3)14-22(19)29-17(4)5/h7-12,14-17H,6,13H2,1-5H3,(H,25,26)/b24-15+. The van der Waals surface area contributed by atoms with Gasteiger partial charge in [0.05, 0.1) is 31.5 Å². The zero-order valence-electron chi connectivity index (χ0n) is 17.8. The first kappa shape index (κ1) is 22.3. The highest BCUT2D eigenvalue weighted by molar-refractivity contribution is 5.86. The zero-order valence-corrected chi connectivity index (χ0v) is 17.8. The fourth-order valence-electron chi connectivity index (χ4n) is 2.59. The summed E-state index contributed by atoms with van der Waals surface area (Å²) < 4.78 is 17.0. The molecule has 0 atom stereocenters. The first-order chi connectivity index (χ1) is 13.9. The van der Waals surface area contributed by atoms with Crippen LogP contribution in [0.4, 0.5) is 0 Å². The number of carbonyl (C=O) groups excluding carboxylic acids is 1. The molecular formula is C23H30N2O4. The van der Waals surface area contributed by atoms with Gasteiger partial charge in [-0.25, -0.2) is 5.43 Å². The molecule has 2 aromatic rings. The first-order valence-corrected chi connectivity index (χ1v) is 9.88. The van der Waals surface area contributed by atoms with Crippen LogP contribution in [0, 0.1) is 0 Å². The third-order valence-corrected chi connectivity index (χ3v) is 3.71. The first-order valence-electron chi connectivity index (χ1n) is 9.88. The van der Waals surface area contributed by atoms with Gasteiger partial charge in [0.1, 0.15) is 17.2 Å². The normalized spacial score (nSPS) is 11.1. The minimum absolute atomic E-state index is 0.00528. The summed E-state index contributed by atoms with van der Waals surface area (Å²) >= 11 is 0. The molecule has 6 heteroatoms. The number of hydrazone groups is 1. The van der Waals surface area contributed by atoms with E-state index < -0.39 is 0 Å². The van der Waals surface area contributed by atoms with E-state index in [2.05, 4.69) is 10.5 Å². The molecule has 0 unspecified atom stereocenters. The van der Waals surface area contributed by atoms with Gasteiger partial charge < -0.3 is 14.2 Å². The number of nitrogens with one attached hydrogen (secondary N) is 1. The van der Waals surface area contributed by atoms with Crippen molar-refractivity contribution in [1.82, 2.24) is 5.43 Å². The molecule has 29 heavy (non-hydrogen) atoms. The highest BCUT2D eigenvalue weighted by Gasteiger charge is 2.08. The molecule has 0 aliphatic heterocycles. The van der Waals surface area contributed by atoms with Crippen LogP contribution in [0.2, 0.25) is 0 Å². The summed E-state index contributed by atoms with van der Waals surface area (Å²) in [6.07, 6.45) is 1.89. The van der Waals surface area contributed by atoms with Crippen molar-refractivity contribution >= 4 is 12.1 Å². The van der Waals surface area contributed by atoms with Crippen LogP contribution in [0.1, 0.15) is 45.7 Å². The minimum Gasteiger partial charge on any atom is -0.494 e. The second kappa shape index (κ2) is 11.1. The van der Waals surface area contributed by atoms with Crippen LogP contribution < -0.4 is 19.6 Å². The molecule has 6 nitrogen and oxygen atoms in total. The van der Waals surface area contributed by atoms with Crippen molar-refractivity contribution in [3.63, 3.8) is 0 Å². The molecular weight excluding hydrogens is 368 g/mol. The lowest BCUT2D eigenvalue weighted by Crippen LogP contribution is -2.19. The second-order valence-corrected chi connectivity index (χ2v) is 7.08. The lowest BCUT2D eigenvalue weighted by Gasteiger charge is -2.15. The number of ether oxygens (including phenoxy) is 3. The second-order valence-electron chi connectivity index (χ2n) is 7.08. The molecule has 1 N–H and O–H groups in total. The molecule has 156 valence electrons. The van der Waals surface area contributed by atoms with E-state index in [0.717, 1.165) is 22.6 Å². The number of benzene rings is 2. The van der Waals surface area contributed by atoms with Crippen molar-refractivity contribution in [3.05, 3.63) is 53.6 Å². The number of carbonyl (C=O) groups is 1. The minimum atomic E-state index is -0.198. The van der Waals surface area contributed by atoms with Gasteiger partial charge in [-0.1, -0.05) is 12.1 Å². The molecule has 0 radical (unpaired) electrons. The lowest BCUT2D eigenvalue weighted by molar-refractivity contribution is -0.120. The largest absolute Gasteiger partial charge is 0.494 e. The van der Waals surface area contributed by atoms with Gasteiger partial charge in [0, 0.05) is 11.6 Å². The monoisotopic (exact) mass is 398 g/mol. The van der Waals surface area contributed by atoms with Crippen molar-refractivity contribution in [3.8, 4) is 17.2 Å². The quantitative estimate of drug-likeness (QED) is 0.477. The maximum atomic E-state index is 12.1. The van der Waals surface area contributed by atoms with Crippen molar-refractivity contribution < 1.29 is 19.0 Å². The molecule has 0 saturated heterocycles. The number of nitrogens with zero attached hydrogens (tertiary/aromatic N) is 1. The Labute approximate surface area is 172 Å². The van der Waals surface area contributed by atoms with E-state index in [-0.39, 0.29) is 24.5 Å². The fourth-order valence-corrected chi connectivity index (χ4v) is 2.59. The van der Waals surface area contributed by atoms with Crippen molar-refractivity contribution in [1.29, 1.82) is 0 Å². The summed E-state index contributed by atoms with van der Waals surface area (Å²) in [5, 5.41) is 4.07. The van der Waals surface area contributed by atoms with E-state index in [9.17, 15) is 4.79 Å². The maximum Gasteiger partial charge on any atom is 0.244 e. The zero-order chi connectivity index (χ0) is 21.2. The predicted molar refractivity (Wildman–Crippen MR) is 115 cm³/mol. The summed E-state index contributed by atoms with van der Waals surface area (Å²) in [5.74, 6) is 1.98. The Kier molecular flexibility index (Phi) is 8.52. The van der Waals surface area contributed by atoms with Gasteiger partial charge in [-0.15, -0.1) is 0 Å². The number of hydrogen-bond acceptors (Lipinski definition) is 5. The molecule has 0 fully saturated rings. The smallest absolute Gasteiger partial charge is 0.244 e. The van der Waals surface area contributed by atoms with Gasteiger partial charge in [-0.2, -0.15) is 5.10 Å². The predicted octanol–water partition coefficient (Wildman–Crippen LogP) is 4.35. The molecule has 0 spiro atoms. The van der Waals surface area contributed by atoms with Crippen molar-refractivity contribution in [2.45, 2.75) is 53.2 Å². The van der Waals surface area contributed by atoms with E-state index in [0.29, 0.717) is 12.4 Å². The summed E-state index contributed by atoms with van der Waals surface area (Å²) in [4.78, 5) is 12.1. The van der Waals surface area contributed by atoms with Gasteiger partial charge in [0.15, 0.2) is 0 Å². The molecule has 2 aromatic carbocycles. The fraction of sp³-hybridized carbons (Fsp3) is 0.391. The Morgan fingerprint density at radius 1 is 1.00 bits per heavy atom. The van der Waals surface area contributed by atoms with Gasteiger partial charge >= 0.3 is 0 Å². The van der Waals surface area contributed by atoms with Crippen LogP contribution in [0.15, 0.2) is 47.6 Å². The Morgan fingerprint density at radius 3 is 2.28 bits per heavy atom. The maximum absolute atomic E-state index is 12.1. The van der Waals surface area contributed by atoms with E-state index in [4.69, 9.17) is 14.2 Å². The van der Waals surface area contributed by atoms with E-state index in [1.807, 2.05) is 77.1 Å². The number of rotatable bonds is 10. The summed E-state index contributed by atoms with van der Waals surface area (Å²) in [6, 6.07) is 13.0. The highest BCUT2D eigenvalue weighted by Crippen LogP contribution is 2.25. The van der Waals surface area contributed by atoms with Crippen LogP contribution in [0.3, 0.4) is 0 Å². The van der Waals surface area contributed by atoms with Gasteiger partial charge in [0.2, 0.25) is 5.91 Å². The molecule has 0 bridgehead atoms. The highest BCUT2D eigenvalue weighted by atomic mass is 16.5. The average molecular weight is 399 g/mol. The Hall–Kier alpha value is -3.02. The van der Waals surface area contributed by atoms with Crippen molar-refractivity contribution in [2.24, 2.45) is 5.10 Å². The van der Waals surface area contributed by atoms with Crippen molar-refractivity contribution in [2.75, 3.05) is 6.61 Å². The molecule has 0 aromatic heterocycles. The molecule has 0 aliphatic rings. The lowest BCUT2D eigenvalue weighted by atomic mass is 10.1. The van der Waals surface area contributed by atoms with Crippen LogP contribution in [0.5, 0.6) is 17.2 Å². The number of hydrogen-bond donors (Lipinski definition) is 1. The van der Waals surface area contributed by atoms with Crippen LogP contribution in [0.25, 0.3) is 0 Å². The summed E-state index contributed by atoms with van der Waals surface area (Å²) in [5.41, 5.74) is 4.21. The van der Waals surface area contributed by atoms with Crippen LogP contribution >= 0.6 is 0 Å².